The molecule has 1 atom stereocenters. The molecule has 0 radical (unpaired) electrons. The van der Waals surface area contributed by atoms with Crippen molar-refractivity contribution >= 4 is 55.6 Å². The molecule has 2 N–H and O–H groups in total. The van der Waals surface area contributed by atoms with E-state index in [1.165, 1.54) is 35.2 Å². The van der Waals surface area contributed by atoms with Crippen LogP contribution in [-0.4, -0.2) is 85.9 Å². The van der Waals surface area contributed by atoms with E-state index in [1.807, 2.05) is 62.4 Å². The van der Waals surface area contributed by atoms with Crippen LogP contribution in [0.1, 0.15) is 30.9 Å². The number of aromatic nitrogens is 2. The first-order valence-corrected chi connectivity index (χ1v) is 22.5. The molecule has 1 unspecified atom stereocenters. The number of thioether (sulfide) groups is 1. The van der Waals surface area contributed by atoms with Gasteiger partial charge in [-0.25, -0.2) is 18.4 Å². The van der Waals surface area contributed by atoms with Crippen molar-refractivity contribution in [1.29, 1.82) is 0 Å². The fraction of sp³-hybridized carbons (Fsp3) is 0.304. The number of sulfonamides is 1. The van der Waals surface area contributed by atoms with E-state index in [4.69, 9.17) is 4.74 Å². The molecule has 0 bridgehead atoms. The number of rotatable bonds is 17. The van der Waals surface area contributed by atoms with Crippen LogP contribution in [0.5, 0.6) is 0 Å². The zero-order valence-electron chi connectivity index (χ0n) is 34.4. The van der Waals surface area contributed by atoms with Crippen molar-refractivity contribution in [3.05, 3.63) is 143 Å². The molecule has 0 aliphatic carbocycles. The third kappa shape index (κ3) is 10.2. The molecule has 2 heterocycles. The van der Waals surface area contributed by atoms with Crippen LogP contribution in [0.25, 0.3) is 22.0 Å². The summed E-state index contributed by atoms with van der Waals surface area (Å²) >= 11 is 1.65. The topological polar surface area (TPSA) is 143 Å². The number of aryl methyl sites for hydroxylation is 1. The van der Waals surface area contributed by atoms with Gasteiger partial charge >= 0.3 is 0 Å². The number of fused-ring (bicyclic) bond motifs is 1. The van der Waals surface area contributed by atoms with E-state index < -0.39 is 14.9 Å². The van der Waals surface area contributed by atoms with Crippen molar-refractivity contribution in [1.82, 2.24) is 14.9 Å². The lowest BCUT2D eigenvalue weighted by atomic mass is 9.82. The molecular weight excluding hydrogens is 795 g/mol. The fourth-order valence-electron chi connectivity index (χ4n) is 7.61. The average Bonchev–Trinajstić information content (AvgIpc) is 3.24. The quantitative estimate of drug-likeness (QED) is 0.0516. The zero-order valence-corrected chi connectivity index (χ0v) is 36.0. The van der Waals surface area contributed by atoms with Crippen LogP contribution in [0.15, 0.2) is 131 Å². The van der Waals surface area contributed by atoms with Crippen LogP contribution in [0.3, 0.4) is 0 Å². The van der Waals surface area contributed by atoms with Crippen molar-refractivity contribution in [2.75, 3.05) is 61.0 Å². The SMILES string of the molecule is Cc1ccccc1SCC(C)Nc1ccc(S(=O)(=O)Nc2ncnc3cc(N4CCC(Cc5ccccc5-c5ccccc5)(OCCN(C)C)CC4)ccc23)cc1[N+](=O)[O-]. The number of anilines is 3. The molecule has 14 heteroatoms. The van der Waals surface area contributed by atoms with Crippen molar-refractivity contribution in [3.8, 4) is 11.1 Å². The Balaban J connectivity index is 1.05. The Bertz CT molecular complexity index is 2550. The highest BCUT2D eigenvalue weighted by atomic mass is 32.2. The first-order valence-electron chi connectivity index (χ1n) is 20.1. The van der Waals surface area contributed by atoms with Gasteiger partial charge in [0.25, 0.3) is 15.7 Å². The minimum Gasteiger partial charge on any atom is -0.376 e. The standard InChI is InChI=1S/C46H51N7O5S2/c1-33-12-8-11-17-44(33)59-31-34(2)49-41-21-19-38(29-43(41)53(54)55)60(56,57)50-45-40-20-18-37(28-42(40)47-32-48-45)52-24-22-46(23-25-52,58-27-26-51(3)4)30-36-15-9-10-16-39(36)35-13-6-5-7-14-35/h5-21,28-29,32,34,49H,22-27,30-31H2,1-4H3,(H,47,48,50). The van der Waals surface area contributed by atoms with Gasteiger partial charge in [0, 0.05) is 59.9 Å². The Morgan fingerprint density at radius 2 is 1.67 bits per heavy atom. The van der Waals surface area contributed by atoms with Crippen LogP contribution >= 0.6 is 11.8 Å². The number of likely N-dealkylation sites (N-methyl/N-ethyl adjacent to an activating group) is 1. The summed E-state index contributed by atoms with van der Waals surface area (Å²) in [4.78, 5) is 25.7. The predicted octanol–water partition coefficient (Wildman–Crippen LogP) is 9.07. The minimum atomic E-state index is -4.26. The summed E-state index contributed by atoms with van der Waals surface area (Å²) in [5, 5.41) is 15.9. The minimum absolute atomic E-state index is 0.0855. The monoisotopic (exact) mass is 845 g/mol. The van der Waals surface area contributed by atoms with Gasteiger partial charge in [-0.3, -0.25) is 14.8 Å². The number of piperidine rings is 1. The molecular formula is C46H51N7O5S2. The lowest BCUT2D eigenvalue weighted by molar-refractivity contribution is -0.384. The second-order valence-electron chi connectivity index (χ2n) is 15.6. The average molecular weight is 846 g/mol. The normalized spacial score (nSPS) is 14.6. The second kappa shape index (κ2) is 18.8. The van der Waals surface area contributed by atoms with E-state index in [0.29, 0.717) is 23.3 Å². The number of ether oxygens (including phenoxy) is 1. The molecule has 1 aliphatic heterocycles. The van der Waals surface area contributed by atoms with Crippen LogP contribution < -0.4 is 14.9 Å². The summed E-state index contributed by atoms with van der Waals surface area (Å²) in [6.45, 7) is 6.96. The van der Waals surface area contributed by atoms with E-state index in [1.54, 1.807) is 11.8 Å². The summed E-state index contributed by atoms with van der Waals surface area (Å²) in [6.07, 6.45) is 3.76. The number of nitrogens with zero attached hydrogens (tertiary/aromatic N) is 5. The molecule has 1 aliphatic rings. The summed E-state index contributed by atoms with van der Waals surface area (Å²) in [5.74, 6) is 0.739. The third-order valence-electron chi connectivity index (χ3n) is 10.9. The van der Waals surface area contributed by atoms with Gasteiger partial charge in [-0.2, -0.15) is 0 Å². The van der Waals surface area contributed by atoms with Crippen LogP contribution in [0.4, 0.5) is 22.9 Å². The summed E-state index contributed by atoms with van der Waals surface area (Å²) in [5.41, 5.74) is 5.92. The zero-order chi connectivity index (χ0) is 42.3. The van der Waals surface area contributed by atoms with Crippen molar-refractivity contribution in [2.45, 2.75) is 54.5 Å². The van der Waals surface area contributed by atoms with E-state index in [0.717, 1.165) is 61.1 Å². The second-order valence-corrected chi connectivity index (χ2v) is 18.4. The Kier molecular flexibility index (Phi) is 13.3. The fourth-order valence-corrected chi connectivity index (χ4v) is 9.64. The van der Waals surface area contributed by atoms with E-state index in [-0.39, 0.29) is 33.7 Å². The number of nitrogens with one attached hydrogen (secondary N) is 2. The molecule has 1 aromatic heterocycles. The molecule has 60 heavy (non-hydrogen) atoms. The Morgan fingerprint density at radius 3 is 2.42 bits per heavy atom. The lowest BCUT2D eigenvalue weighted by Crippen LogP contribution is -2.48. The van der Waals surface area contributed by atoms with Gasteiger partial charge in [-0.15, -0.1) is 11.8 Å². The smallest absolute Gasteiger partial charge is 0.293 e. The predicted molar refractivity (Wildman–Crippen MR) is 243 cm³/mol. The molecule has 6 aromatic rings. The van der Waals surface area contributed by atoms with Gasteiger partial charge in [0.15, 0.2) is 5.82 Å². The number of hydrogen-bond donors (Lipinski definition) is 2. The number of nitro benzene ring substituents is 1. The number of hydrogen-bond acceptors (Lipinski definition) is 11. The van der Waals surface area contributed by atoms with Crippen molar-refractivity contribution in [3.63, 3.8) is 0 Å². The van der Waals surface area contributed by atoms with Gasteiger partial charge in [-0.1, -0.05) is 72.8 Å². The Morgan fingerprint density at radius 1 is 0.933 bits per heavy atom. The van der Waals surface area contributed by atoms with Crippen LogP contribution in [0, 0.1) is 17.0 Å². The highest BCUT2D eigenvalue weighted by Gasteiger charge is 2.37. The molecule has 7 rings (SSSR count). The highest BCUT2D eigenvalue weighted by molar-refractivity contribution is 7.99. The number of benzene rings is 5. The third-order valence-corrected chi connectivity index (χ3v) is 13.7. The largest absolute Gasteiger partial charge is 0.376 e. The van der Waals surface area contributed by atoms with Gasteiger partial charge in [0.2, 0.25) is 0 Å². The summed E-state index contributed by atoms with van der Waals surface area (Å²) in [6, 6.07) is 36.6. The lowest BCUT2D eigenvalue weighted by Gasteiger charge is -2.43. The maximum atomic E-state index is 13.7. The van der Waals surface area contributed by atoms with Gasteiger partial charge in [0.1, 0.15) is 12.0 Å². The molecule has 5 aromatic carbocycles. The molecule has 312 valence electrons. The Hall–Kier alpha value is -5.54. The molecule has 1 saturated heterocycles. The van der Waals surface area contributed by atoms with E-state index in [9.17, 15) is 18.5 Å². The van der Waals surface area contributed by atoms with E-state index in [2.05, 4.69) is 92.4 Å². The maximum absolute atomic E-state index is 13.7. The van der Waals surface area contributed by atoms with Gasteiger partial charge < -0.3 is 19.9 Å². The van der Waals surface area contributed by atoms with Gasteiger partial charge in [-0.05, 0) is 99.4 Å². The first-order chi connectivity index (χ1) is 28.9. The van der Waals surface area contributed by atoms with Crippen molar-refractivity contribution < 1.29 is 18.1 Å². The maximum Gasteiger partial charge on any atom is 0.293 e. The molecule has 0 spiro atoms. The first kappa shape index (κ1) is 42.6. The number of nitro groups is 1. The van der Waals surface area contributed by atoms with Crippen molar-refractivity contribution in [2.24, 2.45) is 0 Å². The summed E-state index contributed by atoms with van der Waals surface area (Å²) < 4.78 is 36.8. The van der Waals surface area contributed by atoms with E-state index >= 15 is 0 Å². The molecule has 1 fully saturated rings. The molecule has 12 nitrogen and oxygen atoms in total. The molecule has 0 amide bonds. The van der Waals surface area contributed by atoms with Crippen LogP contribution in [0.2, 0.25) is 0 Å². The summed E-state index contributed by atoms with van der Waals surface area (Å²) in [7, 11) is -0.153. The van der Waals surface area contributed by atoms with Gasteiger partial charge in [0.05, 0.1) is 27.5 Å². The Labute approximate surface area is 356 Å². The molecule has 0 saturated carbocycles. The van der Waals surface area contributed by atoms with Crippen LogP contribution in [-0.2, 0) is 21.2 Å². The highest BCUT2D eigenvalue weighted by Crippen LogP contribution is 2.37.